The van der Waals surface area contributed by atoms with Gasteiger partial charge in [0, 0.05) is 18.6 Å². The summed E-state index contributed by atoms with van der Waals surface area (Å²) in [7, 11) is 1.68. The van der Waals surface area contributed by atoms with Gasteiger partial charge in [0.2, 0.25) is 0 Å². The molecule has 0 aliphatic rings. The Morgan fingerprint density at radius 1 is 1.30 bits per heavy atom. The van der Waals surface area contributed by atoms with Gasteiger partial charge in [-0.05, 0) is 18.6 Å². The van der Waals surface area contributed by atoms with Gasteiger partial charge in [-0.2, -0.15) is 5.10 Å². The van der Waals surface area contributed by atoms with Crippen molar-refractivity contribution in [3.05, 3.63) is 57.6 Å². The van der Waals surface area contributed by atoms with Gasteiger partial charge in [-0.25, -0.2) is 4.68 Å². The highest BCUT2D eigenvalue weighted by atomic mass is 35.5. The number of nitrogens with zero attached hydrogens (tertiary/aromatic N) is 3. The first kappa shape index (κ1) is 12.9. The highest BCUT2D eigenvalue weighted by Gasteiger charge is 2.11. The topological polar surface area (TPSA) is 39.8 Å². The molecule has 20 heavy (non-hydrogen) atoms. The summed E-state index contributed by atoms with van der Waals surface area (Å²) in [4.78, 5) is 11.7. The van der Waals surface area contributed by atoms with Crippen LogP contribution in [0.2, 0.25) is 5.02 Å². The molecule has 3 rings (SSSR count). The van der Waals surface area contributed by atoms with E-state index in [1.165, 1.54) is 4.57 Å². The van der Waals surface area contributed by atoms with Crippen molar-refractivity contribution in [1.29, 1.82) is 0 Å². The van der Waals surface area contributed by atoms with Crippen LogP contribution >= 0.6 is 11.6 Å². The molecular formula is C15H14ClN3O. The maximum Gasteiger partial charge on any atom is 0.269 e. The molecule has 1 aromatic carbocycles. The third kappa shape index (κ3) is 1.93. The van der Waals surface area contributed by atoms with Gasteiger partial charge in [0.15, 0.2) is 0 Å². The van der Waals surface area contributed by atoms with Crippen molar-refractivity contribution < 1.29 is 0 Å². The van der Waals surface area contributed by atoms with Crippen molar-refractivity contribution in [2.75, 3.05) is 0 Å². The van der Waals surface area contributed by atoms with Crippen LogP contribution < -0.4 is 5.56 Å². The number of para-hydroxylation sites is 1. The quantitative estimate of drug-likeness (QED) is 0.727. The Morgan fingerprint density at radius 3 is 2.75 bits per heavy atom. The monoisotopic (exact) mass is 287 g/mol. The molecule has 2 heterocycles. The van der Waals surface area contributed by atoms with E-state index in [4.69, 9.17) is 11.6 Å². The summed E-state index contributed by atoms with van der Waals surface area (Å²) in [5.41, 5.74) is 2.63. The van der Waals surface area contributed by atoms with E-state index in [0.29, 0.717) is 0 Å². The summed E-state index contributed by atoms with van der Waals surface area (Å²) >= 11 is 5.99. The van der Waals surface area contributed by atoms with Crippen molar-refractivity contribution in [3.8, 4) is 5.69 Å². The molecule has 0 saturated heterocycles. The fourth-order valence-corrected chi connectivity index (χ4v) is 2.60. The number of rotatable bonds is 2. The van der Waals surface area contributed by atoms with Gasteiger partial charge in [-0.15, -0.1) is 0 Å². The van der Waals surface area contributed by atoms with Crippen LogP contribution in [0.3, 0.4) is 0 Å². The van der Waals surface area contributed by atoms with E-state index in [9.17, 15) is 4.79 Å². The Morgan fingerprint density at radius 2 is 2.05 bits per heavy atom. The average molecular weight is 288 g/mol. The highest BCUT2D eigenvalue weighted by molar-refractivity contribution is 6.30. The van der Waals surface area contributed by atoms with Gasteiger partial charge in [-0.1, -0.05) is 36.7 Å². The van der Waals surface area contributed by atoms with E-state index in [-0.39, 0.29) is 10.6 Å². The lowest BCUT2D eigenvalue weighted by molar-refractivity contribution is 0.809. The van der Waals surface area contributed by atoms with Crippen molar-refractivity contribution in [1.82, 2.24) is 14.3 Å². The summed E-state index contributed by atoms with van der Waals surface area (Å²) in [6.07, 6.45) is 2.60. The van der Waals surface area contributed by atoms with Crippen molar-refractivity contribution >= 4 is 22.5 Å². The van der Waals surface area contributed by atoms with Crippen LogP contribution in [0.5, 0.6) is 0 Å². The maximum atomic E-state index is 11.7. The zero-order valence-corrected chi connectivity index (χ0v) is 12.1. The van der Waals surface area contributed by atoms with Gasteiger partial charge in [-0.3, -0.25) is 4.79 Å². The zero-order chi connectivity index (χ0) is 14.3. The molecule has 0 unspecified atom stereocenters. The van der Waals surface area contributed by atoms with E-state index in [1.807, 2.05) is 22.9 Å². The second kappa shape index (κ2) is 4.80. The van der Waals surface area contributed by atoms with Gasteiger partial charge >= 0.3 is 0 Å². The van der Waals surface area contributed by atoms with E-state index >= 15 is 0 Å². The lowest BCUT2D eigenvalue weighted by Gasteiger charge is -2.06. The minimum Gasteiger partial charge on any atom is -0.315 e. The first-order chi connectivity index (χ1) is 9.61. The molecule has 4 nitrogen and oxygen atoms in total. The second-order valence-electron chi connectivity index (χ2n) is 4.69. The average Bonchev–Trinajstić information content (AvgIpc) is 2.83. The van der Waals surface area contributed by atoms with E-state index in [1.54, 1.807) is 19.3 Å². The molecule has 0 fully saturated rings. The number of aryl methyl sites for hydroxylation is 2. The number of halogens is 1. The van der Waals surface area contributed by atoms with Crippen LogP contribution in [-0.2, 0) is 13.5 Å². The molecule has 0 bridgehead atoms. The van der Waals surface area contributed by atoms with Crippen molar-refractivity contribution in [3.63, 3.8) is 0 Å². The Hall–Kier alpha value is -2.07. The maximum absolute atomic E-state index is 11.7. The molecule has 0 aliphatic heterocycles. The van der Waals surface area contributed by atoms with E-state index in [0.717, 1.165) is 28.7 Å². The summed E-state index contributed by atoms with van der Waals surface area (Å²) in [6, 6.07) is 9.70. The Labute approximate surface area is 121 Å². The molecule has 0 saturated carbocycles. The Bertz CT molecular complexity index is 822. The minimum absolute atomic E-state index is 0.197. The molecule has 0 atom stereocenters. The number of hydrogen-bond acceptors (Lipinski definition) is 2. The van der Waals surface area contributed by atoms with E-state index < -0.39 is 0 Å². The molecule has 0 spiro atoms. The normalized spacial score (nSPS) is 11.2. The fourth-order valence-electron chi connectivity index (χ4n) is 2.36. The van der Waals surface area contributed by atoms with E-state index in [2.05, 4.69) is 18.1 Å². The van der Waals surface area contributed by atoms with Crippen LogP contribution in [0.1, 0.15) is 12.6 Å². The summed E-state index contributed by atoms with van der Waals surface area (Å²) in [5, 5.41) is 5.95. The lowest BCUT2D eigenvalue weighted by atomic mass is 10.2. The summed E-state index contributed by atoms with van der Waals surface area (Å²) in [5.74, 6) is 0. The standard InChI is InChI=1S/C15H14ClN3O/c1-3-13-11-6-4-5-7-14(11)19(17-13)10-8-12(16)15(20)18(2)9-10/h4-9H,3H2,1-2H3. The number of benzene rings is 1. The molecule has 0 radical (unpaired) electrons. The zero-order valence-electron chi connectivity index (χ0n) is 11.3. The van der Waals surface area contributed by atoms with Gasteiger partial charge in [0.25, 0.3) is 5.56 Å². The molecule has 5 heteroatoms. The molecule has 102 valence electrons. The first-order valence-corrected chi connectivity index (χ1v) is 6.82. The third-order valence-electron chi connectivity index (χ3n) is 3.37. The predicted octanol–water partition coefficient (Wildman–Crippen LogP) is 2.94. The summed E-state index contributed by atoms with van der Waals surface area (Å²) in [6.45, 7) is 2.08. The fraction of sp³-hybridized carbons (Fsp3) is 0.200. The van der Waals surface area contributed by atoms with Crippen LogP contribution in [0.25, 0.3) is 16.6 Å². The Balaban J connectivity index is 2.32. The molecule has 0 N–H and O–H groups in total. The van der Waals surface area contributed by atoms with Crippen LogP contribution in [0.15, 0.2) is 41.3 Å². The molecule has 0 aliphatic carbocycles. The van der Waals surface area contributed by atoms with Gasteiger partial charge in [0.1, 0.15) is 5.02 Å². The number of pyridine rings is 1. The number of hydrogen-bond donors (Lipinski definition) is 0. The van der Waals surface area contributed by atoms with Crippen LogP contribution in [0, 0.1) is 0 Å². The van der Waals surface area contributed by atoms with Gasteiger partial charge < -0.3 is 4.57 Å². The van der Waals surface area contributed by atoms with Crippen molar-refractivity contribution in [2.24, 2.45) is 7.05 Å². The van der Waals surface area contributed by atoms with Crippen LogP contribution in [0.4, 0.5) is 0 Å². The van der Waals surface area contributed by atoms with Gasteiger partial charge in [0.05, 0.1) is 16.9 Å². The molecule has 3 aromatic rings. The minimum atomic E-state index is -0.206. The Kier molecular flexibility index (Phi) is 3.10. The van der Waals surface area contributed by atoms with Crippen LogP contribution in [-0.4, -0.2) is 14.3 Å². The largest absolute Gasteiger partial charge is 0.315 e. The second-order valence-corrected chi connectivity index (χ2v) is 5.10. The highest BCUT2D eigenvalue weighted by Crippen LogP contribution is 2.22. The lowest BCUT2D eigenvalue weighted by Crippen LogP contribution is -2.17. The van der Waals surface area contributed by atoms with Crippen molar-refractivity contribution in [2.45, 2.75) is 13.3 Å². The molecule has 2 aromatic heterocycles. The SMILES string of the molecule is CCc1nn(-c2cc(Cl)c(=O)n(C)c2)c2ccccc12. The molecule has 0 amide bonds. The number of aromatic nitrogens is 3. The predicted molar refractivity (Wildman–Crippen MR) is 80.7 cm³/mol. The molecular weight excluding hydrogens is 274 g/mol. The number of fused-ring (bicyclic) bond motifs is 1. The summed E-state index contributed by atoms with van der Waals surface area (Å²) < 4.78 is 3.30. The first-order valence-electron chi connectivity index (χ1n) is 6.45. The smallest absolute Gasteiger partial charge is 0.269 e. The third-order valence-corrected chi connectivity index (χ3v) is 3.64.